The van der Waals surface area contributed by atoms with Gasteiger partial charge in [-0.25, -0.2) is 0 Å². The molecule has 0 bridgehead atoms. The second-order valence-corrected chi connectivity index (χ2v) is 4.34. The molecule has 0 atom stereocenters. The fourth-order valence-electron chi connectivity index (χ4n) is 1.52. The van der Waals surface area contributed by atoms with E-state index in [1.807, 2.05) is 6.92 Å². The van der Waals surface area contributed by atoms with Crippen molar-refractivity contribution in [1.82, 2.24) is 4.90 Å². The molecule has 0 saturated heterocycles. The highest BCUT2D eigenvalue weighted by atomic mass is 16.4. The number of aliphatic carboxylic acids is 1. The van der Waals surface area contributed by atoms with Crippen LogP contribution in [0.3, 0.4) is 0 Å². The van der Waals surface area contributed by atoms with Crippen LogP contribution in [0.5, 0.6) is 0 Å². The van der Waals surface area contributed by atoms with Crippen molar-refractivity contribution in [1.29, 1.82) is 0 Å². The van der Waals surface area contributed by atoms with E-state index in [1.54, 1.807) is 24.3 Å². The molecule has 1 rings (SSSR count). The molecule has 0 aliphatic rings. The molecule has 8 heteroatoms. The smallest absolute Gasteiger partial charge is 0.323 e. The second kappa shape index (κ2) is 7.04. The van der Waals surface area contributed by atoms with Crippen LogP contribution in [0, 0.1) is 6.92 Å². The summed E-state index contributed by atoms with van der Waals surface area (Å²) in [5, 5.41) is 11.0. The van der Waals surface area contributed by atoms with Gasteiger partial charge >= 0.3 is 17.8 Å². The van der Waals surface area contributed by atoms with Crippen LogP contribution in [0.4, 0.5) is 5.69 Å². The molecular weight excluding hydrogens is 278 g/mol. The first-order chi connectivity index (χ1) is 9.79. The number of nitrogens with two attached hydrogens (primary N) is 1. The Morgan fingerprint density at radius 2 is 1.71 bits per heavy atom. The van der Waals surface area contributed by atoms with Gasteiger partial charge in [-0.2, -0.15) is 0 Å². The average molecular weight is 293 g/mol. The van der Waals surface area contributed by atoms with E-state index < -0.39 is 36.8 Å². The number of carbonyl (C=O) groups excluding carboxylic acids is 3. The van der Waals surface area contributed by atoms with Gasteiger partial charge in [-0.3, -0.25) is 19.2 Å². The van der Waals surface area contributed by atoms with Crippen LogP contribution in [-0.4, -0.2) is 46.8 Å². The zero-order valence-corrected chi connectivity index (χ0v) is 11.3. The third kappa shape index (κ3) is 5.31. The number of aryl methyl sites for hydroxylation is 1. The summed E-state index contributed by atoms with van der Waals surface area (Å²) in [4.78, 5) is 45.6. The maximum absolute atomic E-state index is 11.8. The molecule has 3 amide bonds. The van der Waals surface area contributed by atoms with Gasteiger partial charge in [0.05, 0.1) is 0 Å². The lowest BCUT2D eigenvalue weighted by atomic mass is 10.2. The Labute approximate surface area is 120 Å². The van der Waals surface area contributed by atoms with Crippen molar-refractivity contribution in [3.8, 4) is 0 Å². The monoisotopic (exact) mass is 293 g/mol. The first-order valence-corrected chi connectivity index (χ1v) is 5.96. The molecule has 4 N–H and O–H groups in total. The number of rotatable bonds is 5. The largest absolute Gasteiger partial charge is 0.480 e. The first-order valence-electron chi connectivity index (χ1n) is 5.96. The van der Waals surface area contributed by atoms with Crippen LogP contribution in [-0.2, 0) is 19.2 Å². The minimum Gasteiger partial charge on any atom is -0.480 e. The summed E-state index contributed by atoms with van der Waals surface area (Å²) in [5.74, 6) is -4.45. The SMILES string of the molecule is Cc1ccc(NC(=O)C(=O)N(CC(N)=O)CC(=O)O)cc1. The molecular formula is C13H15N3O5. The zero-order chi connectivity index (χ0) is 16.0. The summed E-state index contributed by atoms with van der Waals surface area (Å²) in [6, 6.07) is 6.66. The Hall–Kier alpha value is -2.90. The fraction of sp³-hybridized carbons (Fsp3) is 0.231. The first kappa shape index (κ1) is 16.2. The number of amides is 3. The normalized spacial score (nSPS) is 9.76. The number of nitrogens with zero attached hydrogens (tertiary/aromatic N) is 1. The lowest BCUT2D eigenvalue weighted by Crippen LogP contribution is -2.46. The van der Waals surface area contributed by atoms with Crippen LogP contribution >= 0.6 is 0 Å². The third-order valence-electron chi connectivity index (χ3n) is 2.46. The van der Waals surface area contributed by atoms with Gasteiger partial charge in [0.1, 0.15) is 13.1 Å². The van der Waals surface area contributed by atoms with Gasteiger partial charge in [0.25, 0.3) is 0 Å². The molecule has 0 aliphatic heterocycles. The van der Waals surface area contributed by atoms with Gasteiger partial charge in [-0.05, 0) is 19.1 Å². The van der Waals surface area contributed by atoms with Crippen molar-refractivity contribution in [3.05, 3.63) is 29.8 Å². The Balaban J connectivity index is 2.77. The van der Waals surface area contributed by atoms with Gasteiger partial charge in [-0.1, -0.05) is 17.7 Å². The number of carboxylic acids is 1. The zero-order valence-electron chi connectivity index (χ0n) is 11.3. The average Bonchev–Trinajstić information content (AvgIpc) is 2.38. The molecule has 1 aromatic rings. The van der Waals surface area contributed by atoms with Gasteiger partial charge < -0.3 is 21.1 Å². The van der Waals surface area contributed by atoms with E-state index >= 15 is 0 Å². The van der Waals surface area contributed by atoms with E-state index in [2.05, 4.69) is 5.32 Å². The Kier molecular flexibility index (Phi) is 5.41. The number of benzene rings is 1. The van der Waals surface area contributed by atoms with Gasteiger partial charge in [0, 0.05) is 5.69 Å². The Morgan fingerprint density at radius 3 is 2.19 bits per heavy atom. The molecule has 21 heavy (non-hydrogen) atoms. The summed E-state index contributed by atoms with van der Waals surface area (Å²) in [6.07, 6.45) is 0. The summed E-state index contributed by atoms with van der Waals surface area (Å²) in [5.41, 5.74) is 6.27. The number of carboxylic acid groups (broad SMARTS) is 1. The molecule has 112 valence electrons. The molecule has 0 fully saturated rings. The summed E-state index contributed by atoms with van der Waals surface area (Å²) >= 11 is 0. The van der Waals surface area contributed by atoms with Gasteiger partial charge in [-0.15, -0.1) is 0 Å². The van der Waals surface area contributed by atoms with Crippen molar-refractivity contribution in [2.45, 2.75) is 6.92 Å². The molecule has 8 nitrogen and oxygen atoms in total. The van der Waals surface area contributed by atoms with Gasteiger partial charge in [0.15, 0.2) is 0 Å². The van der Waals surface area contributed by atoms with E-state index in [1.165, 1.54) is 0 Å². The maximum Gasteiger partial charge on any atom is 0.323 e. The van der Waals surface area contributed by atoms with E-state index in [0.29, 0.717) is 10.6 Å². The maximum atomic E-state index is 11.8. The minimum atomic E-state index is -1.35. The lowest BCUT2D eigenvalue weighted by molar-refractivity contribution is -0.149. The van der Waals surface area contributed by atoms with Crippen molar-refractivity contribution in [2.75, 3.05) is 18.4 Å². The Bertz CT molecular complexity index is 552. The third-order valence-corrected chi connectivity index (χ3v) is 2.46. The molecule has 0 saturated carbocycles. The predicted molar refractivity (Wildman–Crippen MR) is 73.2 cm³/mol. The van der Waals surface area contributed by atoms with Crippen molar-refractivity contribution >= 4 is 29.4 Å². The quantitative estimate of drug-likeness (QED) is 0.620. The highest BCUT2D eigenvalue weighted by molar-refractivity contribution is 6.40. The van der Waals surface area contributed by atoms with Crippen LogP contribution in [0.2, 0.25) is 0 Å². The number of anilines is 1. The summed E-state index contributed by atoms with van der Waals surface area (Å²) in [6.45, 7) is 0.424. The molecule has 0 spiro atoms. The lowest BCUT2D eigenvalue weighted by Gasteiger charge is -2.18. The van der Waals surface area contributed by atoms with Crippen LogP contribution < -0.4 is 11.1 Å². The van der Waals surface area contributed by atoms with Crippen LogP contribution in [0.25, 0.3) is 0 Å². The van der Waals surface area contributed by atoms with E-state index in [0.717, 1.165) is 5.56 Å². The molecule has 0 radical (unpaired) electrons. The Morgan fingerprint density at radius 1 is 1.14 bits per heavy atom. The van der Waals surface area contributed by atoms with Crippen LogP contribution in [0.15, 0.2) is 24.3 Å². The second-order valence-electron chi connectivity index (χ2n) is 4.34. The van der Waals surface area contributed by atoms with Crippen LogP contribution in [0.1, 0.15) is 5.56 Å². The summed E-state index contributed by atoms with van der Waals surface area (Å²) < 4.78 is 0. The molecule has 0 aromatic heterocycles. The highest BCUT2D eigenvalue weighted by Gasteiger charge is 2.25. The number of primary amides is 1. The molecule has 1 aromatic carbocycles. The number of hydrogen-bond donors (Lipinski definition) is 3. The number of carbonyl (C=O) groups is 4. The minimum absolute atomic E-state index is 0.383. The van der Waals surface area contributed by atoms with E-state index in [4.69, 9.17) is 10.8 Å². The molecule has 0 heterocycles. The highest BCUT2D eigenvalue weighted by Crippen LogP contribution is 2.08. The molecule has 0 unspecified atom stereocenters. The van der Waals surface area contributed by atoms with E-state index in [9.17, 15) is 19.2 Å². The summed E-state index contributed by atoms with van der Waals surface area (Å²) in [7, 11) is 0. The van der Waals surface area contributed by atoms with Crippen molar-refractivity contribution in [3.63, 3.8) is 0 Å². The number of nitrogens with one attached hydrogen (secondary N) is 1. The van der Waals surface area contributed by atoms with Gasteiger partial charge in [0.2, 0.25) is 5.91 Å². The van der Waals surface area contributed by atoms with Crippen molar-refractivity contribution in [2.24, 2.45) is 5.73 Å². The topological polar surface area (TPSA) is 130 Å². The standard InChI is InChI=1S/C13H15N3O5/c1-8-2-4-9(5-3-8)15-12(20)13(21)16(6-10(14)17)7-11(18)19/h2-5H,6-7H2,1H3,(H2,14,17)(H,15,20)(H,18,19). The molecule has 0 aliphatic carbocycles. The fourth-order valence-corrected chi connectivity index (χ4v) is 1.52. The predicted octanol–water partition coefficient (Wildman–Crippen LogP) is -0.668. The number of hydrogen-bond acceptors (Lipinski definition) is 4. The van der Waals surface area contributed by atoms with E-state index in [-0.39, 0.29) is 0 Å². The van der Waals surface area contributed by atoms with Crippen molar-refractivity contribution < 1.29 is 24.3 Å².